The highest BCUT2D eigenvalue weighted by molar-refractivity contribution is 6.00. The van der Waals surface area contributed by atoms with Crippen molar-refractivity contribution in [3.63, 3.8) is 0 Å². The maximum atomic E-state index is 12.6. The second-order valence-corrected chi connectivity index (χ2v) is 6.42. The zero-order valence-corrected chi connectivity index (χ0v) is 12.5. The van der Waals surface area contributed by atoms with Crippen LogP contribution in [-0.4, -0.2) is 17.9 Å². The molecule has 1 aromatic rings. The molecule has 1 saturated carbocycles. The van der Waals surface area contributed by atoms with Crippen molar-refractivity contribution in [2.24, 2.45) is 0 Å². The summed E-state index contributed by atoms with van der Waals surface area (Å²) < 4.78 is 0. The smallest absolute Gasteiger partial charge is 0.179 e. The minimum Gasteiger partial charge on any atom is -0.305 e. The predicted octanol–water partition coefficient (Wildman–Crippen LogP) is 3.67. The van der Waals surface area contributed by atoms with Gasteiger partial charge in [-0.3, -0.25) is 4.79 Å². The highest BCUT2D eigenvalue weighted by Gasteiger charge is 2.22. The van der Waals surface area contributed by atoms with Crippen LogP contribution in [-0.2, 0) is 12.8 Å². The fourth-order valence-corrected chi connectivity index (χ4v) is 3.66. The predicted molar refractivity (Wildman–Crippen MR) is 82.3 cm³/mol. The van der Waals surface area contributed by atoms with E-state index in [9.17, 15) is 4.79 Å². The average molecular weight is 271 g/mol. The van der Waals surface area contributed by atoms with E-state index < -0.39 is 0 Å². The number of aryl methyl sites for hydroxylation is 2. The molecule has 1 aromatic carbocycles. The Morgan fingerprint density at radius 2 is 1.80 bits per heavy atom. The Labute approximate surface area is 122 Å². The van der Waals surface area contributed by atoms with Gasteiger partial charge in [-0.25, -0.2) is 0 Å². The van der Waals surface area contributed by atoms with Gasteiger partial charge in [-0.05, 0) is 62.6 Å². The van der Waals surface area contributed by atoms with Crippen LogP contribution in [0.4, 0.5) is 0 Å². The topological polar surface area (TPSA) is 29.1 Å². The van der Waals surface area contributed by atoms with Gasteiger partial charge in [0.05, 0.1) is 6.04 Å². The van der Waals surface area contributed by atoms with Crippen LogP contribution in [0.3, 0.4) is 0 Å². The van der Waals surface area contributed by atoms with Gasteiger partial charge in [-0.15, -0.1) is 0 Å². The van der Waals surface area contributed by atoms with Crippen molar-refractivity contribution >= 4 is 5.78 Å². The van der Waals surface area contributed by atoms with E-state index in [2.05, 4.69) is 17.4 Å². The quantitative estimate of drug-likeness (QED) is 0.847. The number of ketones is 1. The van der Waals surface area contributed by atoms with E-state index in [1.165, 1.54) is 56.1 Å². The van der Waals surface area contributed by atoms with Crippen molar-refractivity contribution in [3.05, 3.63) is 34.9 Å². The van der Waals surface area contributed by atoms with Crippen LogP contribution in [0.25, 0.3) is 0 Å². The fraction of sp³-hybridized carbons (Fsp3) is 0.611. The molecule has 108 valence electrons. The van der Waals surface area contributed by atoms with E-state index in [4.69, 9.17) is 0 Å². The molecule has 1 unspecified atom stereocenters. The number of carbonyl (C=O) groups excluding carboxylic acids is 1. The molecule has 1 fully saturated rings. The highest BCUT2D eigenvalue weighted by Crippen LogP contribution is 2.23. The molecular formula is C18H25NO. The highest BCUT2D eigenvalue weighted by atomic mass is 16.1. The number of Topliss-reactive ketones (excluding diaryl/α,β-unsaturated/α-hetero) is 1. The first-order chi connectivity index (χ1) is 9.74. The first-order valence-electron chi connectivity index (χ1n) is 8.16. The first-order valence-corrected chi connectivity index (χ1v) is 8.16. The molecule has 1 atom stereocenters. The summed E-state index contributed by atoms with van der Waals surface area (Å²) in [7, 11) is 0. The van der Waals surface area contributed by atoms with E-state index in [-0.39, 0.29) is 11.8 Å². The van der Waals surface area contributed by atoms with E-state index in [0.717, 1.165) is 12.0 Å². The number of hydrogen-bond acceptors (Lipinski definition) is 2. The molecule has 0 aliphatic heterocycles. The van der Waals surface area contributed by atoms with Crippen LogP contribution < -0.4 is 5.32 Å². The van der Waals surface area contributed by atoms with Gasteiger partial charge in [0.15, 0.2) is 5.78 Å². The molecular weight excluding hydrogens is 246 g/mol. The summed E-state index contributed by atoms with van der Waals surface area (Å²) >= 11 is 0. The fourth-order valence-electron chi connectivity index (χ4n) is 3.66. The molecule has 2 aliphatic rings. The Morgan fingerprint density at radius 1 is 1.10 bits per heavy atom. The van der Waals surface area contributed by atoms with E-state index in [1.807, 2.05) is 13.0 Å². The van der Waals surface area contributed by atoms with Gasteiger partial charge in [-0.2, -0.15) is 0 Å². The van der Waals surface area contributed by atoms with Crippen molar-refractivity contribution in [1.29, 1.82) is 0 Å². The second-order valence-electron chi connectivity index (χ2n) is 6.42. The van der Waals surface area contributed by atoms with Gasteiger partial charge in [0.2, 0.25) is 0 Å². The summed E-state index contributed by atoms with van der Waals surface area (Å²) in [4.78, 5) is 12.6. The van der Waals surface area contributed by atoms with Crippen LogP contribution in [0.5, 0.6) is 0 Å². The Balaban J connectivity index is 1.69. The minimum absolute atomic E-state index is 0.0558. The van der Waals surface area contributed by atoms with Crippen LogP contribution in [0.15, 0.2) is 18.2 Å². The van der Waals surface area contributed by atoms with Gasteiger partial charge < -0.3 is 5.32 Å². The molecule has 1 N–H and O–H groups in total. The Kier molecular flexibility index (Phi) is 4.21. The third-order valence-corrected chi connectivity index (χ3v) is 4.87. The van der Waals surface area contributed by atoms with Gasteiger partial charge >= 0.3 is 0 Å². The molecule has 0 aromatic heterocycles. The van der Waals surface area contributed by atoms with E-state index in [0.29, 0.717) is 6.04 Å². The number of hydrogen-bond donors (Lipinski definition) is 1. The number of nitrogens with one attached hydrogen (secondary N) is 1. The molecule has 0 heterocycles. The second kappa shape index (κ2) is 6.09. The van der Waals surface area contributed by atoms with Crippen LogP contribution >= 0.6 is 0 Å². The number of fused-ring (bicyclic) bond motifs is 1. The lowest BCUT2D eigenvalue weighted by Gasteiger charge is -2.20. The molecule has 0 spiro atoms. The molecule has 2 aliphatic carbocycles. The molecule has 2 nitrogen and oxygen atoms in total. The summed E-state index contributed by atoms with van der Waals surface area (Å²) in [6.07, 6.45) is 9.93. The third kappa shape index (κ3) is 2.95. The van der Waals surface area contributed by atoms with Gasteiger partial charge in [0, 0.05) is 11.6 Å². The zero-order chi connectivity index (χ0) is 13.9. The van der Waals surface area contributed by atoms with Gasteiger partial charge in [0.25, 0.3) is 0 Å². The maximum absolute atomic E-state index is 12.6. The van der Waals surface area contributed by atoms with Crippen LogP contribution in [0.1, 0.15) is 66.9 Å². The Morgan fingerprint density at radius 3 is 2.55 bits per heavy atom. The van der Waals surface area contributed by atoms with Crippen molar-refractivity contribution in [3.8, 4) is 0 Å². The number of carbonyl (C=O) groups is 1. The Hall–Kier alpha value is -1.15. The van der Waals surface area contributed by atoms with Crippen molar-refractivity contribution in [2.45, 2.75) is 70.4 Å². The molecule has 0 amide bonds. The van der Waals surface area contributed by atoms with Crippen LogP contribution in [0, 0.1) is 0 Å². The lowest BCUT2D eigenvalue weighted by molar-refractivity contribution is 0.0944. The van der Waals surface area contributed by atoms with Crippen molar-refractivity contribution < 1.29 is 4.79 Å². The monoisotopic (exact) mass is 271 g/mol. The largest absolute Gasteiger partial charge is 0.305 e. The number of rotatable bonds is 4. The summed E-state index contributed by atoms with van der Waals surface area (Å²) in [6.45, 7) is 2.01. The molecule has 0 radical (unpaired) electrons. The summed E-state index contributed by atoms with van der Waals surface area (Å²) in [5.41, 5.74) is 3.74. The third-order valence-electron chi connectivity index (χ3n) is 4.87. The molecule has 2 heteroatoms. The first kappa shape index (κ1) is 13.8. The molecule has 0 saturated heterocycles. The summed E-state index contributed by atoms with van der Waals surface area (Å²) in [5.74, 6) is 0.255. The van der Waals surface area contributed by atoms with Gasteiger partial charge in [0.1, 0.15) is 0 Å². The lowest BCUT2D eigenvalue weighted by atomic mass is 9.89. The van der Waals surface area contributed by atoms with Crippen molar-refractivity contribution in [1.82, 2.24) is 5.32 Å². The zero-order valence-electron chi connectivity index (χ0n) is 12.5. The normalized spacial score (nSPS) is 20.6. The molecule has 0 bridgehead atoms. The summed E-state index contributed by atoms with van der Waals surface area (Å²) in [5, 5.41) is 3.51. The average Bonchev–Trinajstić information content (AvgIpc) is 2.99. The van der Waals surface area contributed by atoms with E-state index in [1.54, 1.807) is 0 Å². The standard InChI is InChI=1S/C18H25NO/c1-13(19-17-8-4-5-9-17)18(20)16-11-10-14-6-2-3-7-15(14)12-16/h10-13,17,19H,2-9H2,1H3. The van der Waals surface area contributed by atoms with Crippen LogP contribution in [0.2, 0.25) is 0 Å². The SMILES string of the molecule is CC(NC1CCCC1)C(=O)c1ccc2c(c1)CCCC2. The number of benzene rings is 1. The van der Waals surface area contributed by atoms with Gasteiger partial charge in [-0.1, -0.05) is 25.0 Å². The summed E-state index contributed by atoms with van der Waals surface area (Å²) in [6, 6.07) is 6.83. The molecule has 3 rings (SSSR count). The Bertz CT molecular complexity index is 488. The molecule has 20 heavy (non-hydrogen) atoms. The maximum Gasteiger partial charge on any atom is 0.179 e. The van der Waals surface area contributed by atoms with Crippen molar-refractivity contribution in [2.75, 3.05) is 0 Å². The van der Waals surface area contributed by atoms with E-state index >= 15 is 0 Å². The minimum atomic E-state index is -0.0558. The lowest BCUT2D eigenvalue weighted by Crippen LogP contribution is -2.40.